The Morgan fingerprint density at radius 1 is 1.33 bits per heavy atom. The van der Waals surface area contributed by atoms with E-state index in [9.17, 15) is 4.79 Å². The van der Waals surface area contributed by atoms with Crippen LogP contribution in [0, 0.1) is 5.92 Å². The number of benzene rings is 1. The van der Waals surface area contributed by atoms with Crippen LogP contribution in [-0.2, 0) is 9.53 Å². The van der Waals surface area contributed by atoms with Gasteiger partial charge in [0.25, 0.3) is 0 Å². The molecule has 1 unspecified atom stereocenters. The van der Waals surface area contributed by atoms with E-state index in [1.54, 1.807) is 0 Å². The first-order valence-electron chi connectivity index (χ1n) is 6.21. The molecule has 98 valence electrons. The maximum atomic E-state index is 11.9. The Bertz CT molecular complexity index is 409. The van der Waals surface area contributed by atoms with Gasteiger partial charge in [-0.25, -0.2) is 0 Å². The molecule has 0 aromatic heterocycles. The van der Waals surface area contributed by atoms with Gasteiger partial charge in [0, 0.05) is 4.47 Å². The van der Waals surface area contributed by atoms with E-state index >= 15 is 0 Å². The molecule has 2 nitrogen and oxygen atoms in total. The first kappa shape index (κ1) is 15.0. The van der Waals surface area contributed by atoms with E-state index in [0.29, 0.717) is 6.61 Å². The lowest BCUT2D eigenvalue weighted by molar-refractivity contribution is -0.146. The molecule has 1 aromatic carbocycles. The third-order valence-electron chi connectivity index (χ3n) is 2.78. The summed E-state index contributed by atoms with van der Waals surface area (Å²) in [6.45, 7) is 8.35. The van der Waals surface area contributed by atoms with Crippen molar-refractivity contribution in [1.82, 2.24) is 0 Å². The van der Waals surface area contributed by atoms with Crippen LogP contribution in [-0.4, -0.2) is 12.6 Å². The van der Waals surface area contributed by atoms with Crippen LogP contribution < -0.4 is 0 Å². The van der Waals surface area contributed by atoms with Crippen LogP contribution in [0.1, 0.15) is 32.3 Å². The van der Waals surface area contributed by atoms with Gasteiger partial charge < -0.3 is 4.74 Å². The van der Waals surface area contributed by atoms with Gasteiger partial charge in [-0.15, -0.1) is 0 Å². The molecule has 0 saturated heterocycles. The monoisotopic (exact) mass is 310 g/mol. The van der Waals surface area contributed by atoms with Crippen molar-refractivity contribution >= 4 is 27.5 Å². The minimum atomic E-state index is -0.240. The highest BCUT2D eigenvalue weighted by Crippen LogP contribution is 2.27. The molecule has 0 aliphatic heterocycles. The van der Waals surface area contributed by atoms with Crippen LogP contribution in [0.25, 0.3) is 5.57 Å². The van der Waals surface area contributed by atoms with E-state index in [0.717, 1.165) is 28.5 Å². The molecule has 0 spiro atoms. The third-order valence-corrected chi connectivity index (χ3v) is 3.31. The fourth-order valence-electron chi connectivity index (χ4n) is 1.83. The second-order valence-electron chi connectivity index (χ2n) is 4.13. The number of halogens is 1. The number of esters is 1. The molecule has 0 N–H and O–H groups in total. The zero-order valence-corrected chi connectivity index (χ0v) is 12.5. The van der Waals surface area contributed by atoms with Gasteiger partial charge in [-0.3, -0.25) is 4.79 Å². The lowest BCUT2D eigenvalue weighted by Gasteiger charge is -2.17. The maximum Gasteiger partial charge on any atom is 0.313 e. The van der Waals surface area contributed by atoms with Crippen molar-refractivity contribution in [2.24, 2.45) is 5.92 Å². The summed E-state index contributed by atoms with van der Waals surface area (Å²) < 4.78 is 6.13. The summed E-state index contributed by atoms with van der Waals surface area (Å²) in [5.74, 6) is -0.414. The second-order valence-corrected chi connectivity index (χ2v) is 5.04. The summed E-state index contributed by atoms with van der Waals surface area (Å²) in [4.78, 5) is 11.9. The topological polar surface area (TPSA) is 26.3 Å². The molecule has 3 heteroatoms. The van der Waals surface area contributed by atoms with Crippen LogP contribution >= 0.6 is 15.9 Å². The second kappa shape index (κ2) is 7.37. The zero-order chi connectivity index (χ0) is 13.5. The van der Waals surface area contributed by atoms with Crippen molar-refractivity contribution in [3.05, 3.63) is 40.9 Å². The highest BCUT2D eigenvalue weighted by molar-refractivity contribution is 9.10. The molecule has 18 heavy (non-hydrogen) atoms. The summed E-state index contributed by atoms with van der Waals surface area (Å²) in [5.41, 5.74) is 1.83. The highest BCUT2D eigenvalue weighted by atomic mass is 79.9. The van der Waals surface area contributed by atoms with Gasteiger partial charge in [0.1, 0.15) is 0 Å². The minimum absolute atomic E-state index is 0.174. The number of rotatable bonds is 6. The Morgan fingerprint density at radius 2 is 1.94 bits per heavy atom. The highest BCUT2D eigenvalue weighted by Gasteiger charge is 2.22. The summed E-state index contributed by atoms with van der Waals surface area (Å²) in [6.07, 6.45) is 1.70. The first-order valence-corrected chi connectivity index (χ1v) is 7.00. The van der Waals surface area contributed by atoms with Crippen molar-refractivity contribution in [3.63, 3.8) is 0 Å². The van der Waals surface area contributed by atoms with Gasteiger partial charge in [-0.1, -0.05) is 48.0 Å². The largest absolute Gasteiger partial charge is 0.466 e. The normalized spacial score (nSPS) is 11.9. The lowest BCUT2D eigenvalue weighted by Crippen LogP contribution is -2.18. The Balaban J connectivity index is 2.88. The number of ether oxygens (including phenoxy) is 1. The fraction of sp³-hybridized carbons (Fsp3) is 0.400. The molecular weight excluding hydrogens is 292 g/mol. The SMILES string of the molecule is C=C(c1ccc(Br)cc1)C(CCC)C(=O)OCC. The predicted octanol–water partition coefficient (Wildman–Crippen LogP) is 4.44. The van der Waals surface area contributed by atoms with Gasteiger partial charge in [-0.05, 0) is 36.6 Å². The van der Waals surface area contributed by atoms with Gasteiger partial charge in [-0.2, -0.15) is 0 Å². The summed E-state index contributed by atoms with van der Waals surface area (Å²) >= 11 is 3.39. The maximum absolute atomic E-state index is 11.9. The molecule has 0 saturated carbocycles. The van der Waals surface area contributed by atoms with E-state index in [1.807, 2.05) is 31.2 Å². The van der Waals surface area contributed by atoms with Crippen LogP contribution in [0.5, 0.6) is 0 Å². The Labute approximate surface area is 117 Å². The van der Waals surface area contributed by atoms with Crippen molar-refractivity contribution in [1.29, 1.82) is 0 Å². The molecule has 0 fully saturated rings. The predicted molar refractivity (Wildman–Crippen MR) is 78.2 cm³/mol. The van der Waals surface area contributed by atoms with Gasteiger partial charge in [0.2, 0.25) is 0 Å². The fourth-order valence-corrected chi connectivity index (χ4v) is 2.10. The van der Waals surface area contributed by atoms with Crippen LogP contribution in [0.15, 0.2) is 35.3 Å². The number of hydrogen-bond donors (Lipinski definition) is 0. The van der Waals surface area contributed by atoms with E-state index < -0.39 is 0 Å². The molecule has 0 bridgehead atoms. The first-order chi connectivity index (χ1) is 8.60. The molecule has 0 aliphatic rings. The van der Waals surface area contributed by atoms with Gasteiger partial charge in [0.05, 0.1) is 12.5 Å². The molecule has 0 aliphatic carbocycles. The van der Waals surface area contributed by atoms with Crippen molar-refractivity contribution in [2.45, 2.75) is 26.7 Å². The standard InChI is InChI=1S/C15H19BrO2/c1-4-6-14(15(17)18-5-2)11(3)12-7-9-13(16)10-8-12/h7-10,14H,3-6H2,1-2H3. The van der Waals surface area contributed by atoms with Crippen LogP contribution in [0.4, 0.5) is 0 Å². The van der Waals surface area contributed by atoms with Crippen molar-refractivity contribution in [3.8, 4) is 0 Å². The van der Waals surface area contributed by atoms with Crippen LogP contribution in [0.2, 0.25) is 0 Å². The van der Waals surface area contributed by atoms with Crippen molar-refractivity contribution < 1.29 is 9.53 Å². The molecule has 1 rings (SSSR count). The van der Waals surface area contributed by atoms with Gasteiger partial charge in [0.15, 0.2) is 0 Å². The van der Waals surface area contributed by atoms with Crippen LogP contribution in [0.3, 0.4) is 0 Å². The van der Waals surface area contributed by atoms with E-state index in [1.165, 1.54) is 0 Å². The molecule has 1 aromatic rings. The molecule has 0 heterocycles. The Morgan fingerprint density at radius 3 is 2.44 bits per heavy atom. The Hall–Kier alpha value is -1.09. The Kier molecular flexibility index (Phi) is 6.13. The average Bonchev–Trinajstić information content (AvgIpc) is 2.36. The minimum Gasteiger partial charge on any atom is -0.466 e. The molecule has 0 amide bonds. The van der Waals surface area contributed by atoms with Gasteiger partial charge >= 0.3 is 5.97 Å². The van der Waals surface area contributed by atoms with E-state index in [4.69, 9.17) is 4.74 Å². The lowest BCUT2D eigenvalue weighted by atomic mass is 9.90. The third kappa shape index (κ3) is 3.98. The molecule has 1 atom stereocenters. The molecular formula is C15H19BrO2. The zero-order valence-electron chi connectivity index (χ0n) is 10.9. The van der Waals surface area contributed by atoms with E-state index in [-0.39, 0.29) is 11.9 Å². The number of hydrogen-bond acceptors (Lipinski definition) is 2. The smallest absolute Gasteiger partial charge is 0.313 e. The molecule has 0 radical (unpaired) electrons. The van der Waals surface area contributed by atoms with E-state index in [2.05, 4.69) is 29.4 Å². The number of carbonyl (C=O) groups is 1. The summed E-state index contributed by atoms with van der Waals surface area (Å²) in [6, 6.07) is 7.84. The van der Waals surface area contributed by atoms with Crippen molar-refractivity contribution in [2.75, 3.05) is 6.61 Å². The quantitative estimate of drug-likeness (QED) is 0.726. The summed E-state index contributed by atoms with van der Waals surface area (Å²) in [5, 5.41) is 0. The average molecular weight is 311 g/mol. The number of carbonyl (C=O) groups excluding carboxylic acids is 1. The summed E-state index contributed by atoms with van der Waals surface area (Å²) in [7, 11) is 0.